The van der Waals surface area contributed by atoms with Crippen molar-refractivity contribution in [1.82, 2.24) is 9.97 Å². The fourth-order valence-electron chi connectivity index (χ4n) is 3.83. The van der Waals surface area contributed by atoms with Gasteiger partial charge in [-0.1, -0.05) is 12.5 Å². The van der Waals surface area contributed by atoms with Crippen LogP contribution in [0.15, 0.2) is 54.7 Å². The molecule has 1 fully saturated rings. The predicted molar refractivity (Wildman–Crippen MR) is 125 cm³/mol. The minimum Gasteiger partial charge on any atom is -0.494 e. The molecule has 0 unspecified atom stereocenters. The van der Waals surface area contributed by atoms with Crippen molar-refractivity contribution in [2.24, 2.45) is 0 Å². The number of hydrogen-bond donors (Lipinski definition) is 2. The highest BCUT2D eigenvalue weighted by molar-refractivity contribution is 5.64. The second kappa shape index (κ2) is 10.6. The highest BCUT2D eigenvalue weighted by Gasteiger charge is 2.35. The van der Waals surface area contributed by atoms with E-state index < -0.39 is 11.7 Å². The van der Waals surface area contributed by atoms with Gasteiger partial charge in [0.2, 0.25) is 5.95 Å². The lowest BCUT2D eigenvalue weighted by Crippen LogP contribution is -2.19. The Kier molecular flexibility index (Phi) is 7.40. The zero-order valence-electron chi connectivity index (χ0n) is 18.9. The molecule has 9 heteroatoms. The maximum Gasteiger partial charge on any atom is 0.421 e. The predicted octanol–water partition coefficient (Wildman–Crippen LogP) is 7.09. The Bertz CT molecular complexity index is 1080. The highest BCUT2D eigenvalue weighted by Crippen LogP contribution is 2.36. The van der Waals surface area contributed by atoms with E-state index in [2.05, 4.69) is 20.6 Å². The Hall–Kier alpha value is -3.49. The molecule has 0 saturated heterocycles. The molecule has 0 radical (unpaired) electrons. The highest BCUT2D eigenvalue weighted by atomic mass is 19.4. The van der Waals surface area contributed by atoms with Gasteiger partial charge in [0.15, 0.2) is 0 Å². The first-order chi connectivity index (χ1) is 16.4. The van der Waals surface area contributed by atoms with Crippen molar-refractivity contribution in [1.29, 1.82) is 0 Å². The zero-order valence-corrected chi connectivity index (χ0v) is 18.9. The average Bonchev–Trinajstić information content (AvgIpc) is 2.81. The summed E-state index contributed by atoms with van der Waals surface area (Å²) in [4.78, 5) is 7.96. The van der Waals surface area contributed by atoms with Crippen LogP contribution in [0.5, 0.6) is 11.5 Å². The number of hydrogen-bond acceptors (Lipinski definition) is 6. The molecule has 0 amide bonds. The van der Waals surface area contributed by atoms with Crippen LogP contribution in [0.2, 0.25) is 0 Å². The van der Waals surface area contributed by atoms with Crippen molar-refractivity contribution in [3.8, 4) is 11.5 Å². The third kappa shape index (κ3) is 6.30. The van der Waals surface area contributed by atoms with Gasteiger partial charge in [0.25, 0.3) is 0 Å². The van der Waals surface area contributed by atoms with Gasteiger partial charge >= 0.3 is 6.18 Å². The molecule has 1 saturated carbocycles. The van der Waals surface area contributed by atoms with E-state index in [0.29, 0.717) is 23.7 Å². The third-order valence-electron chi connectivity index (χ3n) is 5.47. The molecule has 34 heavy (non-hydrogen) atoms. The molecule has 0 atom stereocenters. The number of nitrogens with zero attached hydrogens (tertiary/aromatic N) is 2. The molecule has 1 heterocycles. The molecular formula is C25H27F3N4O2. The lowest BCUT2D eigenvalue weighted by molar-refractivity contribution is -0.137. The number of rotatable bonds is 8. The van der Waals surface area contributed by atoms with E-state index in [4.69, 9.17) is 9.47 Å². The van der Waals surface area contributed by atoms with Gasteiger partial charge in [-0.25, -0.2) is 4.98 Å². The largest absolute Gasteiger partial charge is 0.494 e. The molecule has 1 aliphatic rings. The second-order valence-corrected chi connectivity index (χ2v) is 8.07. The number of ether oxygens (including phenoxy) is 2. The minimum absolute atomic E-state index is 0.0393. The summed E-state index contributed by atoms with van der Waals surface area (Å²) in [5.74, 6) is 1.000. The summed E-state index contributed by atoms with van der Waals surface area (Å²) in [5, 5.41) is 5.71. The SMILES string of the molecule is CCOc1cccc(Nc2nc(Nc3ccc(OC4CCCCC4)cc3)ncc2C(F)(F)F)c1. The molecule has 6 nitrogen and oxygen atoms in total. The van der Waals surface area contributed by atoms with Crippen molar-refractivity contribution in [2.45, 2.75) is 51.3 Å². The first-order valence-electron chi connectivity index (χ1n) is 11.4. The van der Waals surface area contributed by atoms with Crippen LogP contribution in [0, 0.1) is 0 Å². The smallest absolute Gasteiger partial charge is 0.421 e. The number of benzene rings is 2. The van der Waals surface area contributed by atoms with Crippen LogP contribution < -0.4 is 20.1 Å². The lowest BCUT2D eigenvalue weighted by atomic mass is 9.98. The number of halogens is 3. The minimum atomic E-state index is -4.61. The molecule has 2 N–H and O–H groups in total. The van der Waals surface area contributed by atoms with Crippen molar-refractivity contribution in [3.05, 3.63) is 60.3 Å². The Balaban J connectivity index is 1.50. The van der Waals surface area contributed by atoms with Crippen LogP contribution in [0.1, 0.15) is 44.6 Å². The first kappa shape index (κ1) is 23.7. The maximum atomic E-state index is 13.6. The Morgan fingerprint density at radius 2 is 1.71 bits per heavy atom. The van der Waals surface area contributed by atoms with Crippen molar-refractivity contribution in [3.63, 3.8) is 0 Å². The first-order valence-corrected chi connectivity index (χ1v) is 11.4. The lowest BCUT2D eigenvalue weighted by Gasteiger charge is -2.23. The Morgan fingerprint density at radius 1 is 0.941 bits per heavy atom. The molecule has 0 aliphatic heterocycles. The normalized spacial score (nSPS) is 14.5. The van der Waals surface area contributed by atoms with Crippen LogP contribution in [0.25, 0.3) is 0 Å². The summed E-state index contributed by atoms with van der Waals surface area (Å²) in [7, 11) is 0. The summed E-state index contributed by atoms with van der Waals surface area (Å²) in [6.45, 7) is 2.28. The standard InChI is InChI=1S/C25H27F3N4O2/c1-2-33-21-10-6-7-18(15-21)30-23-22(25(26,27)28)16-29-24(32-23)31-17-11-13-20(14-12-17)34-19-8-4-3-5-9-19/h6-7,10-16,19H,2-5,8-9H2,1H3,(H2,29,30,31,32). The van der Waals surface area contributed by atoms with E-state index in [-0.39, 0.29) is 17.9 Å². The molecule has 1 aliphatic carbocycles. The van der Waals surface area contributed by atoms with Gasteiger partial charge < -0.3 is 20.1 Å². The Labute approximate surface area is 196 Å². The maximum absolute atomic E-state index is 13.6. The molecular weight excluding hydrogens is 445 g/mol. The zero-order chi connectivity index (χ0) is 24.0. The molecule has 180 valence electrons. The van der Waals surface area contributed by atoms with Crippen LogP contribution in [-0.4, -0.2) is 22.7 Å². The summed E-state index contributed by atoms with van der Waals surface area (Å²) >= 11 is 0. The topological polar surface area (TPSA) is 68.3 Å². The molecule has 2 aromatic carbocycles. The summed E-state index contributed by atoms with van der Waals surface area (Å²) in [6.07, 6.45) is 2.13. The van der Waals surface area contributed by atoms with Crippen LogP contribution in [-0.2, 0) is 6.18 Å². The van der Waals surface area contributed by atoms with Gasteiger partial charge in [0.05, 0.1) is 12.7 Å². The van der Waals surface area contributed by atoms with Crippen molar-refractivity contribution < 1.29 is 22.6 Å². The van der Waals surface area contributed by atoms with Gasteiger partial charge in [0.1, 0.15) is 22.9 Å². The van der Waals surface area contributed by atoms with Gasteiger partial charge in [-0.2, -0.15) is 18.2 Å². The summed E-state index contributed by atoms with van der Waals surface area (Å²) in [6, 6.07) is 13.9. The van der Waals surface area contributed by atoms with E-state index in [1.54, 1.807) is 36.4 Å². The molecule has 4 rings (SSSR count). The number of aromatic nitrogens is 2. The van der Waals surface area contributed by atoms with Gasteiger partial charge in [-0.15, -0.1) is 0 Å². The average molecular weight is 473 g/mol. The Morgan fingerprint density at radius 3 is 2.41 bits per heavy atom. The van der Waals surface area contributed by atoms with Gasteiger partial charge in [-0.05, 0) is 69.0 Å². The van der Waals surface area contributed by atoms with Crippen molar-refractivity contribution >= 4 is 23.1 Å². The van der Waals surface area contributed by atoms with Crippen molar-refractivity contribution in [2.75, 3.05) is 17.2 Å². The van der Waals surface area contributed by atoms with Crippen LogP contribution in [0.4, 0.5) is 36.3 Å². The van der Waals surface area contributed by atoms with E-state index in [0.717, 1.165) is 24.8 Å². The van der Waals surface area contributed by atoms with E-state index >= 15 is 0 Å². The quantitative estimate of drug-likeness (QED) is 0.365. The van der Waals surface area contributed by atoms with E-state index in [1.165, 1.54) is 19.3 Å². The second-order valence-electron chi connectivity index (χ2n) is 8.07. The fourth-order valence-corrected chi connectivity index (χ4v) is 3.83. The number of alkyl halides is 3. The summed E-state index contributed by atoms with van der Waals surface area (Å²) < 4.78 is 52.1. The van der Waals surface area contributed by atoms with Crippen LogP contribution in [0.3, 0.4) is 0 Å². The molecule has 3 aromatic rings. The van der Waals surface area contributed by atoms with E-state index in [9.17, 15) is 13.2 Å². The van der Waals surface area contributed by atoms with Gasteiger partial charge in [-0.3, -0.25) is 0 Å². The van der Waals surface area contributed by atoms with Gasteiger partial charge in [0, 0.05) is 23.6 Å². The molecule has 0 bridgehead atoms. The van der Waals surface area contributed by atoms with Crippen LogP contribution >= 0.6 is 0 Å². The molecule has 0 spiro atoms. The monoisotopic (exact) mass is 472 g/mol. The third-order valence-corrected chi connectivity index (χ3v) is 5.47. The number of anilines is 4. The molecule has 1 aromatic heterocycles. The summed E-state index contributed by atoms with van der Waals surface area (Å²) in [5.41, 5.74) is 0.0986. The number of nitrogens with one attached hydrogen (secondary N) is 2. The fraction of sp³-hybridized carbons (Fsp3) is 0.360. The van der Waals surface area contributed by atoms with E-state index in [1.807, 2.05) is 19.1 Å².